The minimum Gasteiger partial charge on any atom is -0.348 e. The Labute approximate surface area is 173 Å². The number of fused-ring (bicyclic) bond motifs is 1. The number of carbonyl (C=O) groups is 1. The van der Waals surface area contributed by atoms with Gasteiger partial charge in [0.25, 0.3) is 17.0 Å². The highest BCUT2D eigenvalue weighted by Crippen LogP contribution is 2.27. The van der Waals surface area contributed by atoms with E-state index in [4.69, 9.17) is 0 Å². The van der Waals surface area contributed by atoms with Gasteiger partial charge in [-0.15, -0.1) is 0 Å². The summed E-state index contributed by atoms with van der Waals surface area (Å²) in [5.41, 5.74) is 0.540. The van der Waals surface area contributed by atoms with Crippen molar-refractivity contribution >= 4 is 22.6 Å². The molecule has 0 spiro atoms. The molecule has 0 saturated carbocycles. The third-order valence-electron chi connectivity index (χ3n) is 5.44. The average Bonchev–Trinajstić information content (AvgIpc) is 3.24. The molecule has 0 aliphatic carbocycles. The van der Waals surface area contributed by atoms with Crippen molar-refractivity contribution < 1.29 is 4.79 Å². The molecule has 2 aromatic heterocycles. The van der Waals surface area contributed by atoms with Crippen molar-refractivity contribution in [3.8, 4) is 0 Å². The fraction of sp³-hybridized carbons (Fsp3) is 0.381. The standard InChI is InChI=1S/C21H24N6O3/c1-4-27-19(29)15-8-6-5-7-14(15)18(24-27)20(30)26-10-9-13(12-26)16-11-17(28)23-21(22-16)25(2)3/h5-8,11,13H,4,9-10,12H2,1-3H3,(H,22,23,28)/t13-/m0/s1. The Morgan fingerprint density at radius 1 is 1.23 bits per heavy atom. The van der Waals surface area contributed by atoms with Crippen molar-refractivity contribution in [1.82, 2.24) is 24.6 Å². The molecule has 4 rings (SSSR count). The van der Waals surface area contributed by atoms with Crippen LogP contribution in [0.3, 0.4) is 0 Å². The summed E-state index contributed by atoms with van der Waals surface area (Å²) in [6.07, 6.45) is 0.709. The second kappa shape index (κ2) is 7.74. The fourth-order valence-electron chi connectivity index (χ4n) is 3.83. The summed E-state index contributed by atoms with van der Waals surface area (Å²) in [6, 6.07) is 8.55. The van der Waals surface area contributed by atoms with Crippen molar-refractivity contribution in [3.05, 3.63) is 62.4 Å². The van der Waals surface area contributed by atoms with E-state index in [1.54, 1.807) is 34.1 Å². The predicted molar refractivity (Wildman–Crippen MR) is 114 cm³/mol. The first-order valence-electron chi connectivity index (χ1n) is 9.96. The Balaban J connectivity index is 1.66. The first-order chi connectivity index (χ1) is 14.4. The van der Waals surface area contributed by atoms with Crippen LogP contribution < -0.4 is 16.0 Å². The van der Waals surface area contributed by atoms with Gasteiger partial charge in [-0.3, -0.25) is 19.4 Å². The van der Waals surface area contributed by atoms with Crippen LogP contribution in [0.15, 0.2) is 39.9 Å². The summed E-state index contributed by atoms with van der Waals surface area (Å²) in [5, 5.41) is 5.39. The molecule has 1 aliphatic rings. The molecule has 0 radical (unpaired) electrons. The number of benzene rings is 1. The maximum absolute atomic E-state index is 13.3. The van der Waals surface area contributed by atoms with Crippen LogP contribution in [0.5, 0.6) is 0 Å². The highest BCUT2D eigenvalue weighted by molar-refractivity contribution is 6.04. The Kier molecular flexibility index (Phi) is 5.11. The van der Waals surface area contributed by atoms with Gasteiger partial charge in [0.2, 0.25) is 5.95 Å². The number of H-pyrrole nitrogens is 1. The van der Waals surface area contributed by atoms with E-state index in [1.807, 2.05) is 21.0 Å². The normalized spacial score (nSPS) is 16.2. The number of hydrogen-bond donors (Lipinski definition) is 1. The molecule has 1 amide bonds. The molecule has 3 heterocycles. The first-order valence-corrected chi connectivity index (χ1v) is 9.96. The second-order valence-electron chi connectivity index (χ2n) is 7.64. The van der Waals surface area contributed by atoms with Gasteiger partial charge in [-0.2, -0.15) is 5.10 Å². The number of likely N-dealkylation sites (tertiary alicyclic amines) is 1. The van der Waals surface area contributed by atoms with Gasteiger partial charge in [-0.25, -0.2) is 9.67 Å². The fourth-order valence-corrected chi connectivity index (χ4v) is 3.83. The van der Waals surface area contributed by atoms with E-state index in [0.29, 0.717) is 48.5 Å². The van der Waals surface area contributed by atoms with Crippen molar-refractivity contribution in [2.45, 2.75) is 25.8 Å². The highest BCUT2D eigenvalue weighted by atomic mass is 16.2. The minimum absolute atomic E-state index is 0.0294. The lowest BCUT2D eigenvalue weighted by Gasteiger charge is -2.18. The topological polar surface area (TPSA) is 104 Å². The summed E-state index contributed by atoms with van der Waals surface area (Å²) in [6.45, 7) is 3.20. The Hall–Kier alpha value is -3.49. The van der Waals surface area contributed by atoms with Crippen LogP contribution in [0.1, 0.15) is 35.4 Å². The Morgan fingerprint density at radius 3 is 2.67 bits per heavy atom. The van der Waals surface area contributed by atoms with Crippen LogP contribution in [-0.2, 0) is 6.54 Å². The zero-order valence-electron chi connectivity index (χ0n) is 17.3. The molecule has 9 heteroatoms. The van der Waals surface area contributed by atoms with E-state index in [-0.39, 0.29) is 28.6 Å². The van der Waals surface area contributed by atoms with Gasteiger partial charge in [0.05, 0.1) is 11.1 Å². The van der Waals surface area contributed by atoms with Gasteiger partial charge in [-0.1, -0.05) is 18.2 Å². The highest BCUT2D eigenvalue weighted by Gasteiger charge is 2.31. The SMILES string of the molecule is CCn1nc(C(=O)N2CC[C@H](c3cc(=O)[nH]c(N(C)C)n3)C2)c2ccccc2c1=O. The number of amides is 1. The number of hydrogen-bond acceptors (Lipinski definition) is 6. The van der Waals surface area contributed by atoms with Gasteiger partial charge in [0.1, 0.15) is 0 Å². The molecule has 1 aliphatic heterocycles. The van der Waals surface area contributed by atoms with E-state index < -0.39 is 0 Å². The van der Waals surface area contributed by atoms with Crippen molar-refractivity contribution in [1.29, 1.82) is 0 Å². The maximum atomic E-state index is 13.3. The molecule has 156 valence electrons. The van der Waals surface area contributed by atoms with Crippen LogP contribution in [0, 0.1) is 0 Å². The van der Waals surface area contributed by atoms with Crippen molar-refractivity contribution in [3.63, 3.8) is 0 Å². The van der Waals surface area contributed by atoms with Crippen LogP contribution in [-0.4, -0.2) is 57.7 Å². The van der Waals surface area contributed by atoms with E-state index in [1.165, 1.54) is 10.7 Å². The van der Waals surface area contributed by atoms with E-state index >= 15 is 0 Å². The quantitative estimate of drug-likeness (QED) is 0.696. The number of aromatic nitrogens is 4. The van der Waals surface area contributed by atoms with Gasteiger partial charge < -0.3 is 9.80 Å². The predicted octanol–water partition coefficient (Wildman–Crippen LogP) is 1.20. The first kappa shape index (κ1) is 19.8. The largest absolute Gasteiger partial charge is 0.348 e. The van der Waals surface area contributed by atoms with Gasteiger partial charge in [0.15, 0.2) is 5.69 Å². The smallest absolute Gasteiger partial charge is 0.274 e. The molecule has 1 aromatic carbocycles. The van der Waals surface area contributed by atoms with Crippen LogP contribution in [0.2, 0.25) is 0 Å². The molecule has 30 heavy (non-hydrogen) atoms. The van der Waals surface area contributed by atoms with Crippen molar-refractivity contribution in [2.75, 3.05) is 32.1 Å². The molecule has 0 bridgehead atoms. The van der Waals surface area contributed by atoms with Gasteiger partial charge in [0, 0.05) is 51.1 Å². The summed E-state index contributed by atoms with van der Waals surface area (Å²) in [7, 11) is 3.62. The molecule has 1 atom stereocenters. The van der Waals surface area contributed by atoms with Gasteiger partial charge in [-0.05, 0) is 19.4 Å². The monoisotopic (exact) mass is 408 g/mol. The van der Waals surface area contributed by atoms with Crippen molar-refractivity contribution in [2.24, 2.45) is 0 Å². The molecule has 1 saturated heterocycles. The van der Waals surface area contributed by atoms with E-state index in [2.05, 4.69) is 15.1 Å². The third kappa shape index (κ3) is 3.47. The lowest BCUT2D eigenvalue weighted by molar-refractivity contribution is 0.0784. The Bertz CT molecular complexity index is 1230. The summed E-state index contributed by atoms with van der Waals surface area (Å²) in [5.74, 6) is 0.247. The summed E-state index contributed by atoms with van der Waals surface area (Å²) in [4.78, 5) is 48.6. The van der Waals surface area contributed by atoms with Crippen LogP contribution >= 0.6 is 0 Å². The molecule has 1 N–H and O–H groups in total. The lowest BCUT2D eigenvalue weighted by atomic mass is 10.0. The number of aryl methyl sites for hydroxylation is 1. The second-order valence-corrected chi connectivity index (χ2v) is 7.64. The van der Waals surface area contributed by atoms with E-state index in [9.17, 15) is 14.4 Å². The maximum Gasteiger partial charge on any atom is 0.274 e. The Morgan fingerprint density at radius 2 is 1.97 bits per heavy atom. The van der Waals surface area contributed by atoms with E-state index in [0.717, 1.165) is 0 Å². The molecule has 3 aromatic rings. The zero-order valence-corrected chi connectivity index (χ0v) is 17.3. The minimum atomic E-state index is -0.214. The number of carbonyl (C=O) groups excluding carboxylic acids is 1. The molecular weight excluding hydrogens is 384 g/mol. The number of anilines is 1. The summed E-state index contributed by atoms with van der Waals surface area (Å²) < 4.78 is 1.32. The summed E-state index contributed by atoms with van der Waals surface area (Å²) >= 11 is 0. The molecule has 0 unspecified atom stereocenters. The number of nitrogens with zero attached hydrogens (tertiary/aromatic N) is 5. The molecular formula is C21H24N6O3. The number of rotatable bonds is 4. The average molecular weight is 408 g/mol. The molecule has 9 nitrogen and oxygen atoms in total. The number of aromatic amines is 1. The third-order valence-corrected chi connectivity index (χ3v) is 5.44. The van der Waals surface area contributed by atoms with Crippen LogP contribution in [0.25, 0.3) is 10.8 Å². The van der Waals surface area contributed by atoms with Gasteiger partial charge >= 0.3 is 0 Å². The molecule has 1 fully saturated rings. The number of nitrogens with one attached hydrogen (secondary N) is 1. The van der Waals surface area contributed by atoms with Crippen LogP contribution in [0.4, 0.5) is 5.95 Å². The zero-order chi connectivity index (χ0) is 21.4. The lowest BCUT2D eigenvalue weighted by Crippen LogP contribution is -2.33.